The largest absolute Gasteiger partial charge is 0.507 e. The van der Waals surface area contributed by atoms with Gasteiger partial charge in [0.2, 0.25) is 10.0 Å². The molecule has 3 N–H and O–H groups in total. The molecule has 2 aromatic carbocycles. The molecule has 0 saturated heterocycles. The van der Waals surface area contributed by atoms with Crippen molar-refractivity contribution in [3.05, 3.63) is 51.9 Å². The van der Waals surface area contributed by atoms with E-state index >= 15 is 0 Å². The zero-order valence-electron chi connectivity index (χ0n) is 14.9. The quantitative estimate of drug-likeness (QED) is 0.574. The van der Waals surface area contributed by atoms with E-state index in [1.54, 1.807) is 31.2 Å². The van der Waals surface area contributed by atoms with Crippen molar-refractivity contribution in [2.24, 2.45) is 0 Å². The van der Waals surface area contributed by atoms with Gasteiger partial charge in [-0.3, -0.25) is 0 Å². The van der Waals surface area contributed by atoms with Gasteiger partial charge in [0.25, 0.3) is 0 Å². The van der Waals surface area contributed by atoms with Gasteiger partial charge in [-0.1, -0.05) is 30.7 Å². The lowest BCUT2D eigenvalue weighted by Crippen LogP contribution is -2.26. The van der Waals surface area contributed by atoms with Crippen molar-refractivity contribution >= 4 is 21.6 Å². The Kier molecular flexibility index (Phi) is 5.20. The highest BCUT2D eigenvalue weighted by Gasteiger charge is 2.27. The Labute approximate surface area is 165 Å². The van der Waals surface area contributed by atoms with E-state index in [0.717, 1.165) is 21.0 Å². The van der Waals surface area contributed by atoms with E-state index < -0.39 is 32.1 Å². The summed E-state index contributed by atoms with van der Waals surface area (Å²) in [5.74, 6) is -1.14. The number of para-hydroxylation sites is 1. The highest BCUT2D eigenvalue weighted by atomic mass is 35.5. The molecule has 0 fully saturated rings. The molecule has 0 radical (unpaired) electrons. The van der Waals surface area contributed by atoms with Gasteiger partial charge in [-0.25, -0.2) is 27.2 Å². The number of halogens is 1. The van der Waals surface area contributed by atoms with Gasteiger partial charge in [-0.15, -0.1) is 0 Å². The number of phenols is 2. The minimum absolute atomic E-state index is 0.0637. The van der Waals surface area contributed by atoms with Gasteiger partial charge < -0.3 is 10.2 Å². The highest BCUT2D eigenvalue weighted by molar-refractivity contribution is 7.89. The molecule has 28 heavy (non-hydrogen) atoms. The van der Waals surface area contributed by atoms with E-state index in [9.17, 15) is 23.4 Å². The number of sulfonamides is 1. The third-order valence-electron chi connectivity index (χ3n) is 4.22. The second-order valence-electron chi connectivity index (χ2n) is 5.90. The molecule has 0 atom stereocenters. The summed E-state index contributed by atoms with van der Waals surface area (Å²) in [6.45, 7) is 1.81. The molecular weight excluding hydrogens is 408 g/mol. The number of phenolic OH excluding ortho intramolecular Hbond substituents is 2. The summed E-state index contributed by atoms with van der Waals surface area (Å²) in [4.78, 5) is 11.9. The van der Waals surface area contributed by atoms with E-state index in [-0.39, 0.29) is 23.0 Å². The van der Waals surface area contributed by atoms with Crippen LogP contribution in [0.3, 0.4) is 0 Å². The van der Waals surface area contributed by atoms with Crippen molar-refractivity contribution in [3.63, 3.8) is 0 Å². The summed E-state index contributed by atoms with van der Waals surface area (Å²) in [6, 6.07) is 8.44. The SMILES string of the molecule is CCN(C)S(=O)(=O)c1cc(-c2n[nH]c(=O)n2-c2ccccc2Cl)c(O)cc1O. The monoisotopic (exact) mass is 424 g/mol. The van der Waals surface area contributed by atoms with Gasteiger partial charge >= 0.3 is 5.69 Å². The number of aromatic amines is 1. The molecule has 0 aliphatic heterocycles. The number of rotatable bonds is 5. The molecule has 0 spiro atoms. The zero-order chi connectivity index (χ0) is 20.6. The van der Waals surface area contributed by atoms with Crippen LogP contribution in [-0.2, 0) is 10.0 Å². The van der Waals surface area contributed by atoms with Crippen molar-refractivity contribution in [1.29, 1.82) is 0 Å². The fourth-order valence-electron chi connectivity index (χ4n) is 2.62. The minimum Gasteiger partial charge on any atom is -0.507 e. The minimum atomic E-state index is -4.03. The summed E-state index contributed by atoms with van der Waals surface area (Å²) >= 11 is 6.17. The van der Waals surface area contributed by atoms with Crippen molar-refractivity contribution in [2.75, 3.05) is 13.6 Å². The third-order valence-corrected chi connectivity index (χ3v) is 6.50. The van der Waals surface area contributed by atoms with Crippen LogP contribution >= 0.6 is 11.6 Å². The Morgan fingerprint density at radius 3 is 2.54 bits per heavy atom. The van der Waals surface area contributed by atoms with Crippen LogP contribution in [-0.4, -0.2) is 51.3 Å². The van der Waals surface area contributed by atoms with Gasteiger partial charge in [0.05, 0.1) is 16.3 Å². The van der Waals surface area contributed by atoms with Gasteiger partial charge in [0, 0.05) is 19.7 Å². The number of hydrogen-bond acceptors (Lipinski definition) is 6. The standard InChI is InChI=1S/C17H17ClN4O5S/c1-3-21(2)28(26,27)15-8-10(13(23)9-14(15)24)16-19-20-17(25)22(16)12-7-5-4-6-11(12)18/h4-9,23-24H,3H2,1-2H3,(H,20,25). The number of hydrogen-bond donors (Lipinski definition) is 3. The number of benzene rings is 2. The Morgan fingerprint density at radius 1 is 1.21 bits per heavy atom. The Balaban J connectivity index is 2.29. The molecule has 0 aliphatic carbocycles. The predicted molar refractivity (Wildman–Crippen MR) is 103 cm³/mol. The van der Waals surface area contributed by atoms with Crippen molar-refractivity contribution < 1.29 is 18.6 Å². The maximum absolute atomic E-state index is 12.7. The lowest BCUT2D eigenvalue weighted by Gasteiger charge is -2.17. The predicted octanol–water partition coefficient (Wildman–Crippen LogP) is 1.93. The van der Waals surface area contributed by atoms with Crippen LogP contribution < -0.4 is 5.69 Å². The molecule has 148 valence electrons. The first-order valence-electron chi connectivity index (χ1n) is 8.13. The smallest absolute Gasteiger partial charge is 0.348 e. The summed E-state index contributed by atoms with van der Waals surface area (Å²) in [6.07, 6.45) is 0. The summed E-state index contributed by atoms with van der Waals surface area (Å²) < 4.78 is 27.5. The normalized spacial score (nSPS) is 11.9. The fraction of sp³-hybridized carbons (Fsp3) is 0.176. The fourth-order valence-corrected chi connectivity index (χ4v) is 4.10. The molecule has 3 rings (SSSR count). The van der Waals surface area contributed by atoms with E-state index in [0.29, 0.717) is 5.69 Å². The summed E-state index contributed by atoms with van der Waals surface area (Å²) in [5.41, 5.74) is -0.412. The lowest BCUT2D eigenvalue weighted by atomic mass is 10.1. The first kappa shape index (κ1) is 19.9. The molecule has 11 heteroatoms. The van der Waals surface area contributed by atoms with E-state index in [4.69, 9.17) is 11.6 Å². The Morgan fingerprint density at radius 2 is 1.89 bits per heavy atom. The van der Waals surface area contributed by atoms with E-state index in [1.807, 2.05) is 0 Å². The molecule has 3 aromatic rings. The van der Waals surface area contributed by atoms with Gasteiger partial charge in [-0.2, -0.15) is 5.10 Å². The molecule has 0 saturated carbocycles. The van der Waals surface area contributed by atoms with Crippen LogP contribution in [0.5, 0.6) is 11.5 Å². The second-order valence-corrected chi connectivity index (χ2v) is 8.32. The Bertz CT molecular complexity index is 1200. The van der Waals surface area contributed by atoms with Crippen LogP contribution in [0, 0.1) is 0 Å². The average molecular weight is 425 g/mol. The maximum atomic E-state index is 12.7. The zero-order valence-corrected chi connectivity index (χ0v) is 16.5. The van der Waals surface area contributed by atoms with E-state index in [2.05, 4.69) is 10.2 Å². The lowest BCUT2D eigenvalue weighted by molar-refractivity contribution is 0.433. The van der Waals surface area contributed by atoms with Crippen LogP contribution in [0.4, 0.5) is 0 Å². The number of aromatic hydroxyl groups is 2. The number of nitrogens with one attached hydrogen (secondary N) is 1. The summed E-state index contributed by atoms with van der Waals surface area (Å²) in [5, 5.41) is 26.8. The molecule has 0 unspecified atom stereocenters. The first-order chi connectivity index (χ1) is 13.2. The molecule has 0 aliphatic rings. The van der Waals surface area contributed by atoms with Gasteiger partial charge in [0.1, 0.15) is 16.4 Å². The van der Waals surface area contributed by atoms with Crippen molar-refractivity contribution in [3.8, 4) is 28.6 Å². The average Bonchev–Trinajstić information content (AvgIpc) is 3.02. The molecule has 1 aromatic heterocycles. The highest BCUT2D eigenvalue weighted by Crippen LogP contribution is 2.37. The van der Waals surface area contributed by atoms with Crippen LogP contribution in [0.1, 0.15) is 6.92 Å². The first-order valence-corrected chi connectivity index (χ1v) is 9.95. The summed E-state index contributed by atoms with van der Waals surface area (Å²) in [7, 11) is -2.67. The Hall–Kier alpha value is -2.82. The van der Waals surface area contributed by atoms with Crippen LogP contribution in [0.2, 0.25) is 5.02 Å². The molecule has 9 nitrogen and oxygen atoms in total. The van der Waals surface area contributed by atoms with Crippen LogP contribution in [0.15, 0.2) is 46.1 Å². The third kappa shape index (κ3) is 3.26. The van der Waals surface area contributed by atoms with E-state index in [1.165, 1.54) is 7.05 Å². The molecule has 0 bridgehead atoms. The van der Waals surface area contributed by atoms with Gasteiger partial charge in [0.15, 0.2) is 5.82 Å². The van der Waals surface area contributed by atoms with Crippen LogP contribution in [0.25, 0.3) is 17.1 Å². The second kappa shape index (κ2) is 7.30. The van der Waals surface area contributed by atoms with Crippen molar-refractivity contribution in [1.82, 2.24) is 19.1 Å². The van der Waals surface area contributed by atoms with Crippen molar-refractivity contribution in [2.45, 2.75) is 11.8 Å². The number of aromatic nitrogens is 3. The number of nitrogens with zero attached hydrogens (tertiary/aromatic N) is 3. The number of H-pyrrole nitrogens is 1. The maximum Gasteiger partial charge on any atom is 0.348 e. The molecule has 0 amide bonds. The molecular formula is C17H17ClN4O5S. The topological polar surface area (TPSA) is 129 Å². The molecule has 1 heterocycles. The van der Waals surface area contributed by atoms with Gasteiger partial charge in [-0.05, 0) is 18.2 Å².